The lowest BCUT2D eigenvalue weighted by Gasteiger charge is -2.33. The van der Waals surface area contributed by atoms with Crippen molar-refractivity contribution in [2.45, 2.75) is 32.2 Å². The number of carbonyl (C=O) groups excluding carboxylic acids is 1. The number of para-hydroxylation sites is 2. The number of anilines is 1. The summed E-state index contributed by atoms with van der Waals surface area (Å²) >= 11 is 0. The molecule has 1 atom stereocenters. The van der Waals surface area contributed by atoms with Gasteiger partial charge in [0.2, 0.25) is 11.7 Å². The molecule has 0 bridgehead atoms. The number of nitrogens with one attached hydrogen (secondary N) is 1. The number of hydrogen-bond acceptors (Lipinski definition) is 5. The van der Waals surface area contributed by atoms with Crippen LogP contribution >= 0.6 is 0 Å². The zero-order chi connectivity index (χ0) is 20.9. The summed E-state index contributed by atoms with van der Waals surface area (Å²) in [5.74, 6) is 1.04. The van der Waals surface area contributed by atoms with Gasteiger partial charge in [0, 0.05) is 12.1 Å². The van der Waals surface area contributed by atoms with Crippen LogP contribution in [0.25, 0.3) is 11.4 Å². The van der Waals surface area contributed by atoms with Crippen molar-refractivity contribution in [2.75, 3.05) is 18.5 Å². The molecule has 3 aromatic rings. The van der Waals surface area contributed by atoms with E-state index in [9.17, 15) is 9.18 Å². The summed E-state index contributed by atoms with van der Waals surface area (Å²) in [6, 6.07) is 12.7. The molecule has 1 aromatic heterocycles. The number of carbonyl (C=O) groups is 1. The predicted octanol–water partition coefficient (Wildman–Crippen LogP) is 5.03. The van der Waals surface area contributed by atoms with Gasteiger partial charge in [-0.1, -0.05) is 17.3 Å². The zero-order valence-electron chi connectivity index (χ0n) is 16.7. The summed E-state index contributed by atoms with van der Waals surface area (Å²) < 4.78 is 24.2. The van der Waals surface area contributed by atoms with Gasteiger partial charge in [0.25, 0.3) is 0 Å². The minimum absolute atomic E-state index is 0.242. The Morgan fingerprint density at radius 2 is 2.03 bits per heavy atom. The molecule has 1 fully saturated rings. The highest BCUT2D eigenvalue weighted by Crippen LogP contribution is 2.32. The second kappa shape index (κ2) is 8.94. The summed E-state index contributed by atoms with van der Waals surface area (Å²) in [6.45, 7) is 2.99. The Balaban J connectivity index is 1.53. The number of hydrogen-bond donors (Lipinski definition) is 1. The van der Waals surface area contributed by atoms with Crippen molar-refractivity contribution in [1.29, 1.82) is 0 Å². The number of benzene rings is 2. The molecule has 30 heavy (non-hydrogen) atoms. The van der Waals surface area contributed by atoms with Crippen LogP contribution in [0.3, 0.4) is 0 Å². The van der Waals surface area contributed by atoms with E-state index in [1.165, 1.54) is 12.1 Å². The molecule has 1 aliphatic rings. The van der Waals surface area contributed by atoms with Crippen LogP contribution in [0.4, 0.5) is 14.9 Å². The number of likely N-dealkylation sites (tertiary alicyclic amines) is 1. The van der Waals surface area contributed by atoms with Crippen LogP contribution in [0.1, 0.15) is 38.1 Å². The highest BCUT2D eigenvalue weighted by molar-refractivity contribution is 5.91. The highest BCUT2D eigenvalue weighted by atomic mass is 19.1. The van der Waals surface area contributed by atoms with Crippen LogP contribution in [0.2, 0.25) is 0 Å². The summed E-state index contributed by atoms with van der Waals surface area (Å²) in [7, 11) is 0. The van der Waals surface area contributed by atoms with Crippen LogP contribution in [0.5, 0.6) is 5.75 Å². The van der Waals surface area contributed by atoms with E-state index in [1.54, 1.807) is 23.1 Å². The fraction of sp³-hybridized carbons (Fsp3) is 0.318. The molecular weight excluding hydrogens is 387 g/mol. The van der Waals surface area contributed by atoms with Gasteiger partial charge in [-0.2, -0.15) is 4.98 Å². The van der Waals surface area contributed by atoms with Gasteiger partial charge in [-0.25, -0.2) is 9.18 Å². The largest absolute Gasteiger partial charge is 0.492 e. The molecule has 8 heteroatoms. The van der Waals surface area contributed by atoms with Crippen LogP contribution in [-0.4, -0.2) is 34.2 Å². The first-order valence-electron chi connectivity index (χ1n) is 10.0. The molecule has 1 N–H and O–H groups in total. The molecule has 4 rings (SSSR count). The Kier molecular flexibility index (Phi) is 5.92. The fourth-order valence-corrected chi connectivity index (χ4v) is 3.56. The maximum absolute atomic E-state index is 13.2. The molecule has 0 aliphatic carbocycles. The number of amides is 2. The molecule has 1 saturated heterocycles. The lowest BCUT2D eigenvalue weighted by atomic mass is 10.0. The van der Waals surface area contributed by atoms with Gasteiger partial charge in [-0.05, 0) is 62.6 Å². The minimum Gasteiger partial charge on any atom is -0.492 e. The number of piperidine rings is 1. The lowest BCUT2D eigenvalue weighted by molar-refractivity contribution is 0.142. The van der Waals surface area contributed by atoms with Crippen molar-refractivity contribution >= 4 is 11.7 Å². The maximum Gasteiger partial charge on any atom is 0.322 e. The predicted molar refractivity (Wildman–Crippen MR) is 110 cm³/mol. The van der Waals surface area contributed by atoms with E-state index in [2.05, 4.69) is 15.5 Å². The second-order valence-corrected chi connectivity index (χ2v) is 7.03. The summed E-state index contributed by atoms with van der Waals surface area (Å²) in [5.41, 5.74) is 1.27. The molecule has 2 heterocycles. The highest BCUT2D eigenvalue weighted by Gasteiger charge is 2.32. The summed E-state index contributed by atoms with van der Waals surface area (Å²) in [6.07, 6.45) is 2.58. The third-order valence-corrected chi connectivity index (χ3v) is 5.02. The standard InChI is InChI=1S/C22H23FN4O3/c1-2-29-19-9-4-3-7-17(19)24-22(28)27-14-6-5-8-18(27)21-25-20(26-30-21)15-10-12-16(23)13-11-15/h3-4,7,9-13,18H,2,5-6,8,14H2,1H3,(H,24,28). The average Bonchev–Trinajstić information content (AvgIpc) is 3.26. The van der Waals surface area contributed by atoms with Gasteiger partial charge >= 0.3 is 6.03 Å². The number of halogens is 1. The van der Waals surface area contributed by atoms with Gasteiger partial charge in [-0.3, -0.25) is 0 Å². The first-order valence-corrected chi connectivity index (χ1v) is 10.0. The van der Waals surface area contributed by atoms with Crippen molar-refractivity contribution in [3.8, 4) is 17.1 Å². The smallest absolute Gasteiger partial charge is 0.322 e. The van der Waals surface area contributed by atoms with Gasteiger partial charge in [0.15, 0.2) is 0 Å². The van der Waals surface area contributed by atoms with Gasteiger partial charge in [0.1, 0.15) is 17.6 Å². The number of urea groups is 1. The van der Waals surface area contributed by atoms with E-state index in [4.69, 9.17) is 9.26 Å². The van der Waals surface area contributed by atoms with E-state index < -0.39 is 0 Å². The number of rotatable bonds is 5. The Hall–Kier alpha value is -3.42. The Bertz CT molecular complexity index is 1010. The maximum atomic E-state index is 13.2. The lowest BCUT2D eigenvalue weighted by Crippen LogP contribution is -2.41. The minimum atomic E-state index is -0.329. The van der Waals surface area contributed by atoms with Crippen molar-refractivity contribution in [2.24, 2.45) is 0 Å². The number of aromatic nitrogens is 2. The van der Waals surface area contributed by atoms with Crippen LogP contribution in [0, 0.1) is 5.82 Å². The summed E-state index contributed by atoms with van der Waals surface area (Å²) in [4.78, 5) is 19.2. The SMILES string of the molecule is CCOc1ccccc1NC(=O)N1CCCCC1c1nc(-c2ccc(F)cc2)no1. The first kappa shape index (κ1) is 19.9. The molecule has 0 radical (unpaired) electrons. The van der Waals surface area contributed by atoms with Crippen molar-refractivity contribution < 1.29 is 18.4 Å². The van der Waals surface area contributed by atoms with E-state index in [1.807, 2.05) is 25.1 Å². The molecule has 7 nitrogen and oxygen atoms in total. The zero-order valence-corrected chi connectivity index (χ0v) is 16.7. The monoisotopic (exact) mass is 410 g/mol. The van der Waals surface area contributed by atoms with Gasteiger partial charge in [0.05, 0.1) is 12.3 Å². The van der Waals surface area contributed by atoms with Crippen molar-refractivity contribution in [3.63, 3.8) is 0 Å². The van der Waals surface area contributed by atoms with Crippen LogP contribution < -0.4 is 10.1 Å². The molecule has 1 aliphatic heterocycles. The Morgan fingerprint density at radius 1 is 1.23 bits per heavy atom. The van der Waals surface area contributed by atoms with Crippen LogP contribution in [0.15, 0.2) is 53.1 Å². The normalized spacial score (nSPS) is 16.3. The quantitative estimate of drug-likeness (QED) is 0.638. The fourth-order valence-electron chi connectivity index (χ4n) is 3.56. The molecule has 2 aromatic carbocycles. The molecule has 156 valence electrons. The molecular formula is C22H23FN4O3. The number of nitrogens with zero attached hydrogens (tertiary/aromatic N) is 3. The van der Waals surface area contributed by atoms with Gasteiger partial charge < -0.3 is 19.5 Å². The third kappa shape index (κ3) is 4.27. The average molecular weight is 410 g/mol. The molecule has 1 unspecified atom stereocenters. The van der Waals surface area contributed by atoms with E-state index in [-0.39, 0.29) is 17.9 Å². The van der Waals surface area contributed by atoms with Crippen LogP contribution in [-0.2, 0) is 0 Å². The molecule has 0 saturated carbocycles. The number of ether oxygens (including phenoxy) is 1. The topological polar surface area (TPSA) is 80.5 Å². The Labute approximate surface area is 173 Å². The van der Waals surface area contributed by atoms with E-state index in [0.29, 0.717) is 41.9 Å². The molecule has 2 amide bonds. The second-order valence-electron chi connectivity index (χ2n) is 7.03. The molecule has 0 spiro atoms. The Morgan fingerprint density at radius 3 is 2.83 bits per heavy atom. The van der Waals surface area contributed by atoms with Crippen molar-refractivity contribution in [1.82, 2.24) is 15.0 Å². The third-order valence-electron chi connectivity index (χ3n) is 5.02. The van der Waals surface area contributed by atoms with E-state index in [0.717, 1.165) is 19.3 Å². The van der Waals surface area contributed by atoms with E-state index >= 15 is 0 Å². The van der Waals surface area contributed by atoms with Gasteiger partial charge in [-0.15, -0.1) is 0 Å². The first-order chi connectivity index (χ1) is 14.7. The summed E-state index contributed by atoms with van der Waals surface area (Å²) in [5, 5.41) is 6.96. The van der Waals surface area contributed by atoms with Crippen molar-refractivity contribution in [3.05, 3.63) is 60.2 Å².